The molecule has 2 aliphatic rings. The van der Waals surface area contributed by atoms with Crippen molar-refractivity contribution in [2.75, 3.05) is 26.7 Å². The first-order valence-corrected chi connectivity index (χ1v) is 8.65. The third-order valence-corrected chi connectivity index (χ3v) is 5.73. The molecule has 0 radical (unpaired) electrons. The molecule has 1 fully saturated rings. The second-order valence-electron chi connectivity index (χ2n) is 6.08. The van der Waals surface area contributed by atoms with E-state index >= 15 is 0 Å². The Morgan fingerprint density at radius 1 is 1.40 bits per heavy atom. The number of hydrogen-bond donors (Lipinski definition) is 1. The van der Waals surface area contributed by atoms with Gasteiger partial charge in [-0.15, -0.1) is 11.3 Å². The molecular weight excluding hydrogens is 268 g/mol. The van der Waals surface area contributed by atoms with Crippen LogP contribution in [0.1, 0.15) is 45.8 Å². The average Bonchev–Trinajstić information content (AvgIpc) is 2.91. The van der Waals surface area contributed by atoms with Crippen LogP contribution in [0.3, 0.4) is 0 Å². The van der Waals surface area contributed by atoms with Crippen molar-refractivity contribution in [3.05, 3.63) is 21.4 Å². The van der Waals surface area contributed by atoms with E-state index in [0.29, 0.717) is 5.92 Å². The minimum atomic E-state index is 0.269. The molecule has 20 heavy (non-hydrogen) atoms. The lowest BCUT2D eigenvalue weighted by molar-refractivity contribution is 0.0679. The highest BCUT2D eigenvalue weighted by Gasteiger charge is 2.26. The lowest BCUT2D eigenvalue weighted by Gasteiger charge is -2.32. The van der Waals surface area contributed by atoms with Gasteiger partial charge < -0.3 is 10.2 Å². The minimum Gasteiger partial charge on any atom is -0.338 e. The number of aryl methyl sites for hydroxylation is 2. The summed E-state index contributed by atoms with van der Waals surface area (Å²) in [6.07, 6.45) is 7.30. The van der Waals surface area contributed by atoms with E-state index in [-0.39, 0.29) is 5.91 Å². The maximum absolute atomic E-state index is 12.7. The number of hydrogen-bond acceptors (Lipinski definition) is 3. The van der Waals surface area contributed by atoms with E-state index in [1.165, 1.54) is 42.5 Å². The van der Waals surface area contributed by atoms with Crippen LogP contribution in [0.5, 0.6) is 0 Å². The summed E-state index contributed by atoms with van der Waals surface area (Å²) in [5.74, 6) is 0.887. The van der Waals surface area contributed by atoms with E-state index in [1.807, 2.05) is 7.05 Å². The molecule has 1 aliphatic carbocycles. The molecule has 1 saturated heterocycles. The maximum Gasteiger partial charge on any atom is 0.263 e. The van der Waals surface area contributed by atoms with Gasteiger partial charge in [0.15, 0.2) is 0 Å². The topological polar surface area (TPSA) is 32.3 Å². The van der Waals surface area contributed by atoms with E-state index < -0.39 is 0 Å². The Hall–Kier alpha value is -0.870. The van der Waals surface area contributed by atoms with Crippen LogP contribution in [0, 0.1) is 5.92 Å². The predicted molar refractivity (Wildman–Crippen MR) is 83.5 cm³/mol. The summed E-state index contributed by atoms with van der Waals surface area (Å²) in [5.41, 5.74) is 1.44. The van der Waals surface area contributed by atoms with Crippen LogP contribution in [-0.2, 0) is 12.8 Å². The zero-order chi connectivity index (χ0) is 13.9. The van der Waals surface area contributed by atoms with Crippen molar-refractivity contribution in [1.82, 2.24) is 10.2 Å². The summed E-state index contributed by atoms with van der Waals surface area (Å²) in [4.78, 5) is 17.2. The zero-order valence-corrected chi connectivity index (χ0v) is 13.1. The van der Waals surface area contributed by atoms with Crippen molar-refractivity contribution in [2.45, 2.75) is 38.5 Å². The molecule has 1 amide bonds. The third-order valence-electron chi connectivity index (χ3n) is 4.51. The number of amides is 1. The second-order valence-corrected chi connectivity index (χ2v) is 7.22. The maximum atomic E-state index is 12.7. The van der Waals surface area contributed by atoms with Gasteiger partial charge in [-0.25, -0.2) is 0 Å². The smallest absolute Gasteiger partial charge is 0.263 e. The van der Waals surface area contributed by atoms with E-state index in [4.69, 9.17) is 0 Å². The summed E-state index contributed by atoms with van der Waals surface area (Å²) in [6, 6.07) is 2.17. The molecule has 0 spiro atoms. The Labute approximate surface area is 125 Å². The van der Waals surface area contributed by atoms with E-state index in [0.717, 1.165) is 30.9 Å². The molecule has 2 heterocycles. The molecule has 0 bridgehead atoms. The Morgan fingerprint density at radius 2 is 2.25 bits per heavy atom. The van der Waals surface area contributed by atoms with Crippen LogP contribution in [-0.4, -0.2) is 37.5 Å². The first-order valence-electron chi connectivity index (χ1n) is 7.83. The van der Waals surface area contributed by atoms with Crippen molar-refractivity contribution < 1.29 is 4.79 Å². The van der Waals surface area contributed by atoms with Gasteiger partial charge in [0.05, 0.1) is 4.88 Å². The Kier molecular flexibility index (Phi) is 4.41. The van der Waals surface area contributed by atoms with Crippen LogP contribution >= 0.6 is 11.3 Å². The van der Waals surface area contributed by atoms with Gasteiger partial charge in [-0.2, -0.15) is 0 Å². The lowest BCUT2D eigenvalue weighted by Crippen LogP contribution is -2.42. The quantitative estimate of drug-likeness (QED) is 0.929. The molecular formula is C16H24N2OS. The fraction of sp³-hybridized carbons (Fsp3) is 0.688. The average molecular weight is 292 g/mol. The molecule has 3 nitrogen and oxygen atoms in total. The molecule has 110 valence electrons. The fourth-order valence-corrected chi connectivity index (χ4v) is 4.68. The van der Waals surface area contributed by atoms with Crippen LogP contribution in [0.25, 0.3) is 0 Å². The summed E-state index contributed by atoms with van der Waals surface area (Å²) in [7, 11) is 1.99. The molecule has 1 atom stereocenters. The molecule has 4 heteroatoms. The first kappa shape index (κ1) is 14.1. The van der Waals surface area contributed by atoms with Gasteiger partial charge in [-0.05, 0) is 69.7 Å². The summed E-state index contributed by atoms with van der Waals surface area (Å²) in [6.45, 7) is 2.87. The number of nitrogens with zero attached hydrogens (tertiary/aromatic N) is 1. The van der Waals surface area contributed by atoms with Crippen LogP contribution < -0.4 is 5.32 Å². The Morgan fingerprint density at radius 3 is 3.05 bits per heavy atom. The first-order chi connectivity index (χ1) is 9.78. The fourth-order valence-electron chi connectivity index (χ4n) is 3.46. The summed E-state index contributed by atoms with van der Waals surface area (Å²) < 4.78 is 0. The molecule has 0 saturated carbocycles. The number of thiophene rings is 1. The Bertz CT molecular complexity index is 457. The van der Waals surface area contributed by atoms with E-state index in [2.05, 4.69) is 16.3 Å². The zero-order valence-electron chi connectivity index (χ0n) is 12.3. The summed E-state index contributed by atoms with van der Waals surface area (Å²) in [5, 5.41) is 3.24. The number of nitrogens with one attached hydrogen (secondary N) is 1. The molecule has 1 aliphatic heterocycles. The van der Waals surface area contributed by atoms with Gasteiger partial charge in [0.1, 0.15) is 0 Å². The molecule has 1 aromatic rings. The molecule has 1 unspecified atom stereocenters. The van der Waals surface area contributed by atoms with E-state index in [1.54, 1.807) is 11.3 Å². The Balaban J connectivity index is 1.70. The van der Waals surface area contributed by atoms with Crippen molar-refractivity contribution in [3.63, 3.8) is 0 Å². The highest BCUT2D eigenvalue weighted by atomic mass is 32.1. The van der Waals surface area contributed by atoms with E-state index in [9.17, 15) is 4.79 Å². The highest BCUT2D eigenvalue weighted by molar-refractivity contribution is 7.14. The van der Waals surface area contributed by atoms with Gasteiger partial charge in [0.25, 0.3) is 5.91 Å². The SMILES string of the molecule is CNCC1CCCN(C(=O)c2cc3c(s2)CCCC3)C1. The number of rotatable bonds is 3. The number of carbonyl (C=O) groups is 1. The van der Waals surface area contributed by atoms with Crippen LogP contribution in [0.2, 0.25) is 0 Å². The number of likely N-dealkylation sites (tertiary alicyclic amines) is 1. The van der Waals surface area contributed by atoms with Crippen molar-refractivity contribution in [3.8, 4) is 0 Å². The lowest BCUT2D eigenvalue weighted by atomic mass is 9.97. The standard InChI is InChI=1S/C16H24N2OS/c1-17-10-12-5-4-8-18(11-12)16(19)15-9-13-6-2-3-7-14(13)20-15/h9,12,17H,2-8,10-11H2,1H3. The largest absolute Gasteiger partial charge is 0.338 e. The van der Waals surface area contributed by atoms with Crippen LogP contribution in [0.15, 0.2) is 6.07 Å². The molecule has 1 aromatic heterocycles. The second kappa shape index (κ2) is 6.27. The predicted octanol–water partition coefficient (Wildman–Crippen LogP) is 2.70. The van der Waals surface area contributed by atoms with Gasteiger partial charge in [-0.1, -0.05) is 0 Å². The number of carbonyl (C=O) groups excluding carboxylic acids is 1. The van der Waals surface area contributed by atoms with Gasteiger partial charge in [0.2, 0.25) is 0 Å². The van der Waals surface area contributed by atoms with Crippen molar-refractivity contribution >= 4 is 17.2 Å². The van der Waals surface area contributed by atoms with Gasteiger partial charge in [-0.3, -0.25) is 4.79 Å². The minimum absolute atomic E-state index is 0.269. The number of fused-ring (bicyclic) bond motifs is 1. The molecule has 1 N–H and O–H groups in total. The number of piperidine rings is 1. The molecule has 0 aromatic carbocycles. The van der Waals surface area contributed by atoms with Gasteiger partial charge in [0, 0.05) is 18.0 Å². The van der Waals surface area contributed by atoms with Crippen molar-refractivity contribution in [2.24, 2.45) is 5.92 Å². The summed E-state index contributed by atoms with van der Waals surface area (Å²) >= 11 is 1.74. The third kappa shape index (κ3) is 2.91. The molecule has 3 rings (SSSR count). The monoisotopic (exact) mass is 292 g/mol. The van der Waals surface area contributed by atoms with Crippen LogP contribution in [0.4, 0.5) is 0 Å². The van der Waals surface area contributed by atoms with Gasteiger partial charge >= 0.3 is 0 Å². The normalized spacial score (nSPS) is 22.6. The van der Waals surface area contributed by atoms with Crippen molar-refractivity contribution in [1.29, 1.82) is 0 Å². The highest BCUT2D eigenvalue weighted by Crippen LogP contribution is 2.31.